The Morgan fingerprint density at radius 2 is 1.22 bits per heavy atom. The molecule has 0 rings (SSSR count). The van der Waals surface area contributed by atoms with Crippen LogP contribution < -0.4 is 30.4 Å². The van der Waals surface area contributed by atoms with Crippen molar-refractivity contribution in [1.29, 1.82) is 0 Å². The van der Waals surface area contributed by atoms with Crippen molar-refractivity contribution in [3.05, 3.63) is 0 Å². The summed E-state index contributed by atoms with van der Waals surface area (Å²) in [5.74, 6) is 0. The molecule has 58 valence electrons. The van der Waals surface area contributed by atoms with Gasteiger partial charge >= 0.3 is 20.1 Å². The minimum Gasteiger partial charge on any atom is -0.306 e. The fourth-order valence-electron chi connectivity index (χ4n) is 0. The van der Waals surface area contributed by atoms with E-state index in [0.717, 1.165) is 0 Å². The topological polar surface area (TPSA) is 130 Å². The largest absolute Gasteiger partial charge is 0.368 e. The molecule has 0 unspecified atom stereocenters. The van der Waals surface area contributed by atoms with Crippen molar-refractivity contribution in [3.63, 3.8) is 0 Å². The normalized spacial score (nSPS) is 10.6. The van der Waals surface area contributed by atoms with E-state index in [0.29, 0.717) is 0 Å². The monoisotopic (exact) mass is 290 g/mol. The van der Waals surface area contributed by atoms with Crippen molar-refractivity contribution in [1.82, 2.24) is 0 Å². The molecule has 0 radical (unpaired) electrons. The molecule has 0 atom stereocenters. The molecule has 0 heterocycles. The molecule has 0 saturated carbocycles. The Balaban J connectivity index is 0. The van der Waals surface area contributed by atoms with Crippen LogP contribution in [0.2, 0.25) is 0 Å². The van der Waals surface area contributed by atoms with E-state index in [2.05, 4.69) is 11.2 Å². The van der Waals surface area contributed by atoms with Gasteiger partial charge < -0.3 is 9.11 Å². The predicted octanol–water partition coefficient (Wildman–Crippen LogP) is -7.11. The summed E-state index contributed by atoms with van der Waals surface area (Å²) in [5.41, 5.74) is 0. The summed E-state index contributed by atoms with van der Waals surface area (Å²) >= 11 is -1.93. The molecular formula is H3IO6S2. The van der Waals surface area contributed by atoms with Crippen LogP contribution in [0.3, 0.4) is 0 Å². The van der Waals surface area contributed by atoms with Gasteiger partial charge in [-0.15, -0.1) is 0 Å². The average Bonchev–Trinajstić information content (AvgIpc) is 1.19. The van der Waals surface area contributed by atoms with E-state index in [4.69, 9.17) is 22.8 Å². The van der Waals surface area contributed by atoms with Crippen LogP contribution in [-0.4, -0.2) is 12.5 Å². The first-order chi connectivity index (χ1) is 3.73. The van der Waals surface area contributed by atoms with Gasteiger partial charge in [0.25, 0.3) is 0 Å². The molecule has 0 saturated heterocycles. The van der Waals surface area contributed by atoms with E-state index < -0.39 is 30.1 Å². The molecule has 0 aromatic carbocycles. The highest BCUT2D eigenvalue weighted by Crippen LogP contribution is 1.47. The summed E-state index contributed by atoms with van der Waals surface area (Å²) in [6.45, 7) is 0. The van der Waals surface area contributed by atoms with Crippen molar-refractivity contribution < 1.29 is 42.9 Å². The minimum atomic E-state index is -5.69. The SMILES string of the molecule is OS(O)=S.[O-][I+3]([O-])([O-])O. The van der Waals surface area contributed by atoms with Gasteiger partial charge in [-0.25, -0.2) is 0 Å². The van der Waals surface area contributed by atoms with E-state index in [-0.39, 0.29) is 0 Å². The molecule has 9 heteroatoms. The summed E-state index contributed by atoms with van der Waals surface area (Å²) in [6.07, 6.45) is 0. The van der Waals surface area contributed by atoms with Crippen LogP contribution in [0.15, 0.2) is 0 Å². The van der Waals surface area contributed by atoms with Crippen LogP contribution in [0, 0.1) is 0 Å². The number of rotatable bonds is 0. The van der Waals surface area contributed by atoms with Crippen LogP contribution in [0.25, 0.3) is 0 Å². The van der Waals surface area contributed by atoms with Crippen LogP contribution in [0.4, 0.5) is 0 Å². The first-order valence-corrected chi connectivity index (χ1v) is 6.83. The second-order valence-electron chi connectivity index (χ2n) is 0.627. The lowest BCUT2D eigenvalue weighted by molar-refractivity contribution is -1.92. The molecule has 0 aliphatic carbocycles. The molecule has 0 spiro atoms. The van der Waals surface area contributed by atoms with Crippen LogP contribution in [0.1, 0.15) is 0 Å². The third-order valence-electron chi connectivity index (χ3n) is 0. The van der Waals surface area contributed by atoms with Crippen molar-refractivity contribution in [2.45, 2.75) is 0 Å². The Kier molecular flexibility index (Phi) is 8.21. The highest BCUT2D eigenvalue weighted by Gasteiger charge is 2.11. The maximum atomic E-state index is 8.73. The van der Waals surface area contributed by atoms with Crippen LogP contribution >= 0.6 is 0 Å². The summed E-state index contributed by atoms with van der Waals surface area (Å²) in [4.78, 5) is 0. The van der Waals surface area contributed by atoms with Crippen LogP contribution in [-0.2, 0) is 21.2 Å². The summed E-state index contributed by atoms with van der Waals surface area (Å²) in [7, 11) is -1.78. The zero-order valence-electron chi connectivity index (χ0n) is 3.76. The molecule has 0 aromatic rings. The molecule has 0 fully saturated rings. The van der Waals surface area contributed by atoms with Gasteiger partial charge in [-0.1, -0.05) is 0 Å². The zero-order chi connectivity index (χ0) is 8.08. The van der Waals surface area contributed by atoms with Crippen molar-refractivity contribution in [3.8, 4) is 0 Å². The maximum absolute atomic E-state index is 8.73. The average molecular weight is 290 g/mol. The lowest BCUT2D eigenvalue weighted by Crippen LogP contribution is -4.23. The van der Waals surface area contributed by atoms with Gasteiger partial charge in [-0.05, 0) is 0 Å². The fraction of sp³-hybridized carbons (Fsp3) is 0. The van der Waals surface area contributed by atoms with E-state index in [1.165, 1.54) is 0 Å². The summed E-state index contributed by atoms with van der Waals surface area (Å²) in [5, 5.41) is 0. The minimum absolute atomic E-state index is 1.78. The Morgan fingerprint density at radius 1 is 1.22 bits per heavy atom. The third-order valence-corrected chi connectivity index (χ3v) is 0. The molecule has 0 aliphatic heterocycles. The molecule has 0 aromatic heterocycles. The predicted molar refractivity (Wildman–Crippen MR) is 22.2 cm³/mol. The van der Waals surface area contributed by atoms with Gasteiger partial charge in [0.05, 0.1) is 0 Å². The maximum Gasteiger partial charge on any atom is 0.368 e. The van der Waals surface area contributed by atoms with E-state index in [1.807, 2.05) is 0 Å². The van der Waals surface area contributed by atoms with Gasteiger partial charge in [-0.3, -0.25) is 10.3 Å². The molecule has 0 bridgehead atoms. The van der Waals surface area contributed by atoms with E-state index >= 15 is 0 Å². The lowest BCUT2D eigenvalue weighted by atomic mass is 15.9. The van der Waals surface area contributed by atoms with Crippen molar-refractivity contribution >= 4 is 21.2 Å². The Hall–Kier alpha value is 1.06. The molecule has 0 aliphatic rings. The highest BCUT2D eigenvalue weighted by molar-refractivity contribution is 8.22. The Bertz CT molecular complexity index is 73.5. The number of halogens is 1. The van der Waals surface area contributed by atoms with Gasteiger partial charge in [0.1, 0.15) is 10.0 Å². The highest BCUT2D eigenvalue weighted by atomic mass is 127. The van der Waals surface area contributed by atoms with E-state index in [9.17, 15) is 0 Å². The molecule has 3 N–H and O–H groups in total. The summed E-state index contributed by atoms with van der Waals surface area (Å²) < 4.78 is 48.1. The molecule has 0 amide bonds. The van der Waals surface area contributed by atoms with E-state index in [1.54, 1.807) is 0 Å². The first kappa shape index (κ1) is 12.7. The van der Waals surface area contributed by atoms with Crippen molar-refractivity contribution in [2.75, 3.05) is 0 Å². The fourth-order valence-corrected chi connectivity index (χ4v) is 0. The van der Waals surface area contributed by atoms with Crippen LogP contribution in [0.5, 0.6) is 0 Å². The number of hydrogen-bond donors (Lipinski definition) is 3. The molecule has 6 nitrogen and oxygen atoms in total. The number of hydrogen-bond acceptors (Lipinski definition) is 5. The smallest absolute Gasteiger partial charge is 0.306 e. The second-order valence-corrected chi connectivity index (χ2v) is 4.24. The lowest BCUT2D eigenvalue weighted by Gasteiger charge is -1.93. The Morgan fingerprint density at radius 3 is 1.22 bits per heavy atom. The van der Waals surface area contributed by atoms with Gasteiger partial charge in [0, 0.05) is 14.6 Å². The zero-order valence-corrected chi connectivity index (χ0v) is 7.55. The summed E-state index contributed by atoms with van der Waals surface area (Å²) in [6, 6.07) is 0. The Labute approximate surface area is 64.1 Å². The van der Waals surface area contributed by atoms with Gasteiger partial charge in [0.2, 0.25) is 0 Å². The van der Waals surface area contributed by atoms with Gasteiger partial charge in [0.15, 0.2) is 0 Å². The first-order valence-electron chi connectivity index (χ1n) is 1.16. The molecular weight excluding hydrogens is 287 g/mol. The second kappa shape index (κ2) is 5.82. The van der Waals surface area contributed by atoms with Gasteiger partial charge in [-0.2, -0.15) is 0 Å². The molecule has 9 heavy (non-hydrogen) atoms. The van der Waals surface area contributed by atoms with Crippen molar-refractivity contribution in [2.24, 2.45) is 0 Å². The standard InChI is InChI=1S/HIO4.H2O2S2/c2-1(3,4)5;1-4(2)3/h2H;(H2,1,2,3). The quantitative estimate of drug-likeness (QED) is 0.378. The third kappa shape index (κ3) is 402.